The van der Waals surface area contributed by atoms with Crippen LogP contribution in [-0.4, -0.2) is 11.1 Å². The van der Waals surface area contributed by atoms with Crippen molar-refractivity contribution in [3.05, 3.63) is 47.9 Å². The molecule has 0 saturated carbocycles. The van der Waals surface area contributed by atoms with Gasteiger partial charge in [-0.3, -0.25) is 4.98 Å². The summed E-state index contributed by atoms with van der Waals surface area (Å²) in [5.41, 5.74) is 2.20. The zero-order valence-corrected chi connectivity index (χ0v) is 12.9. The number of aryl methyl sites for hydroxylation is 1. The highest BCUT2D eigenvalue weighted by atomic mass is 19.1. The number of nitrogens with zero attached hydrogens (tertiary/aromatic N) is 1. The minimum absolute atomic E-state index is 0.104. The van der Waals surface area contributed by atoms with Gasteiger partial charge in [-0.05, 0) is 44.0 Å². The predicted molar refractivity (Wildman–Crippen MR) is 84.0 cm³/mol. The van der Waals surface area contributed by atoms with Gasteiger partial charge in [0.25, 0.3) is 0 Å². The third-order valence-corrected chi connectivity index (χ3v) is 3.43. The molecule has 2 aromatic rings. The molecule has 0 amide bonds. The maximum Gasteiger partial charge on any atom is 0.136 e. The van der Waals surface area contributed by atoms with Gasteiger partial charge in [-0.15, -0.1) is 0 Å². The van der Waals surface area contributed by atoms with Crippen molar-refractivity contribution in [3.8, 4) is 17.0 Å². The average molecular weight is 287 g/mol. The van der Waals surface area contributed by atoms with Crippen LogP contribution >= 0.6 is 0 Å². The Balaban J connectivity index is 2.12. The van der Waals surface area contributed by atoms with Gasteiger partial charge in [-0.1, -0.05) is 25.8 Å². The van der Waals surface area contributed by atoms with Crippen LogP contribution in [0.3, 0.4) is 0 Å². The van der Waals surface area contributed by atoms with Crippen molar-refractivity contribution in [3.63, 3.8) is 0 Å². The van der Waals surface area contributed by atoms with Crippen LogP contribution in [0.15, 0.2) is 36.5 Å². The molecule has 0 N–H and O–H groups in total. The molecule has 0 spiro atoms. The molecule has 2 nitrogen and oxygen atoms in total. The van der Waals surface area contributed by atoms with E-state index in [1.165, 1.54) is 6.07 Å². The van der Waals surface area contributed by atoms with Crippen molar-refractivity contribution in [1.82, 2.24) is 4.98 Å². The first kappa shape index (κ1) is 15.5. The number of ether oxygens (including phenoxy) is 1. The Hall–Kier alpha value is -1.90. The Kier molecular flexibility index (Phi) is 5.32. The lowest BCUT2D eigenvalue weighted by atomic mass is 10.1. The van der Waals surface area contributed by atoms with E-state index in [9.17, 15) is 4.39 Å². The number of hydrogen-bond acceptors (Lipinski definition) is 2. The van der Waals surface area contributed by atoms with Gasteiger partial charge >= 0.3 is 0 Å². The minimum atomic E-state index is -0.299. The number of rotatable bonds is 6. The smallest absolute Gasteiger partial charge is 0.136 e. The van der Waals surface area contributed by atoms with E-state index in [-0.39, 0.29) is 11.9 Å². The van der Waals surface area contributed by atoms with Crippen LogP contribution in [0.5, 0.6) is 5.75 Å². The third-order valence-electron chi connectivity index (χ3n) is 3.43. The van der Waals surface area contributed by atoms with Crippen molar-refractivity contribution in [2.75, 3.05) is 0 Å². The lowest BCUT2D eigenvalue weighted by Crippen LogP contribution is -2.11. The molecule has 0 aliphatic carbocycles. The first-order chi connectivity index (χ1) is 10.1. The molecule has 0 saturated heterocycles. The maximum absolute atomic E-state index is 14.2. The zero-order chi connectivity index (χ0) is 15.2. The molecule has 1 atom stereocenters. The standard InChI is InChI=1S/C18H22FNO/c1-4-5-6-14(3)21-15-8-9-16(17(19)11-15)18-10-7-13(2)12-20-18/h7-12,14H,4-6H2,1-3H3/t14-/m0/s1. The number of unbranched alkanes of at least 4 members (excludes halogenated alkanes) is 1. The molecule has 1 heterocycles. The Morgan fingerprint density at radius 1 is 1.24 bits per heavy atom. The van der Waals surface area contributed by atoms with E-state index in [0.29, 0.717) is 17.0 Å². The molecular formula is C18H22FNO. The van der Waals surface area contributed by atoms with Crippen molar-refractivity contribution < 1.29 is 9.13 Å². The fourth-order valence-corrected chi connectivity index (χ4v) is 2.19. The Morgan fingerprint density at radius 2 is 2.05 bits per heavy atom. The van der Waals surface area contributed by atoms with Gasteiger partial charge in [-0.2, -0.15) is 0 Å². The predicted octanol–water partition coefficient (Wildman–Crippen LogP) is 5.15. The summed E-state index contributed by atoms with van der Waals surface area (Å²) in [6, 6.07) is 8.74. The van der Waals surface area contributed by atoms with E-state index >= 15 is 0 Å². The third kappa shape index (κ3) is 4.28. The molecule has 0 fully saturated rings. The summed E-state index contributed by atoms with van der Waals surface area (Å²) < 4.78 is 20.0. The Labute approximate surface area is 126 Å². The molecule has 1 aromatic carbocycles. The van der Waals surface area contributed by atoms with Crippen molar-refractivity contribution >= 4 is 0 Å². The minimum Gasteiger partial charge on any atom is -0.491 e. The topological polar surface area (TPSA) is 22.1 Å². The second-order valence-electron chi connectivity index (χ2n) is 5.43. The maximum atomic E-state index is 14.2. The van der Waals surface area contributed by atoms with Gasteiger partial charge in [0, 0.05) is 17.8 Å². The fraction of sp³-hybridized carbons (Fsp3) is 0.389. The van der Waals surface area contributed by atoms with Gasteiger partial charge in [0.1, 0.15) is 11.6 Å². The molecular weight excluding hydrogens is 265 g/mol. The van der Waals surface area contributed by atoms with Crippen LogP contribution in [-0.2, 0) is 0 Å². The van der Waals surface area contributed by atoms with Gasteiger partial charge in [-0.25, -0.2) is 4.39 Å². The molecule has 0 aliphatic heterocycles. The summed E-state index contributed by atoms with van der Waals surface area (Å²) in [7, 11) is 0. The quantitative estimate of drug-likeness (QED) is 0.732. The van der Waals surface area contributed by atoms with Crippen LogP contribution in [0.2, 0.25) is 0 Å². The molecule has 3 heteroatoms. The monoisotopic (exact) mass is 287 g/mol. The number of aromatic nitrogens is 1. The summed E-state index contributed by atoms with van der Waals surface area (Å²) in [5.74, 6) is 0.276. The van der Waals surface area contributed by atoms with E-state index < -0.39 is 0 Å². The van der Waals surface area contributed by atoms with E-state index in [4.69, 9.17) is 4.74 Å². The highest BCUT2D eigenvalue weighted by Gasteiger charge is 2.10. The largest absolute Gasteiger partial charge is 0.491 e. The summed E-state index contributed by atoms with van der Waals surface area (Å²) in [4.78, 5) is 4.26. The summed E-state index contributed by atoms with van der Waals surface area (Å²) in [6.07, 6.45) is 5.09. The first-order valence-corrected chi connectivity index (χ1v) is 7.49. The van der Waals surface area contributed by atoms with E-state index in [1.807, 2.05) is 32.0 Å². The molecule has 0 aliphatic rings. The van der Waals surface area contributed by atoms with Gasteiger partial charge in [0.2, 0.25) is 0 Å². The van der Waals surface area contributed by atoms with Crippen LogP contribution in [0.4, 0.5) is 4.39 Å². The molecule has 2 rings (SSSR count). The van der Waals surface area contributed by atoms with Crippen LogP contribution < -0.4 is 4.74 Å². The van der Waals surface area contributed by atoms with E-state index in [2.05, 4.69) is 11.9 Å². The van der Waals surface area contributed by atoms with Crippen LogP contribution in [0.25, 0.3) is 11.3 Å². The highest BCUT2D eigenvalue weighted by Crippen LogP contribution is 2.25. The fourth-order valence-electron chi connectivity index (χ4n) is 2.19. The number of halogens is 1. The van der Waals surface area contributed by atoms with E-state index in [1.54, 1.807) is 12.3 Å². The van der Waals surface area contributed by atoms with Gasteiger partial charge < -0.3 is 4.74 Å². The van der Waals surface area contributed by atoms with Crippen molar-refractivity contribution in [1.29, 1.82) is 0 Å². The van der Waals surface area contributed by atoms with Crippen molar-refractivity contribution in [2.45, 2.75) is 46.1 Å². The number of hydrogen-bond donors (Lipinski definition) is 0. The summed E-state index contributed by atoms with van der Waals surface area (Å²) in [5, 5.41) is 0. The Morgan fingerprint density at radius 3 is 2.67 bits per heavy atom. The molecule has 1 aromatic heterocycles. The SMILES string of the molecule is CCCC[C@H](C)Oc1ccc(-c2ccc(C)cn2)c(F)c1. The summed E-state index contributed by atoms with van der Waals surface area (Å²) in [6.45, 7) is 6.13. The second kappa shape index (κ2) is 7.21. The Bertz CT molecular complexity index is 580. The molecule has 0 unspecified atom stereocenters. The van der Waals surface area contributed by atoms with Gasteiger partial charge in [0.05, 0.1) is 11.8 Å². The van der Waals surface area contributed by atoms with Gasteiger partial charge in [0.15, 0.2) is 0 Å². The number of pyridine rings is 1. The lowest BCUT2D eigenvalue weighted by Gasteiger charge is -2.15. The van der Waals surface area contributed by atoms with Crippen LogP contribution in [0, 0.1) is 12.7 Å². The normalized spacial score (nSPS) is 12.2. The first-order valence-electron chi connectivity index (χ1n) is 7.49. The molecule has 21 heavy (non-hydrogen) atoms. The molecule has 0 radical (unpaired) electrons. The van der Waals surface area contributed by atoms with Crippen LogP contribution in [0.1, 0.15) is 38.7 Å². The molecule has 112 valence electrons. The second-order valence-corrected chi connectivity index (χ2v) is 5.43. The lowest BCUT2D eigenvalue weighted by molar-refractivity contribution is 0.206. The van der Waals surface area contributed by atoms with Crippen molar-refractivity contribution in [2.24, 2.45) is 0 Å². The van der Waals surface area contributed by atoms with E-state index in [0.717, 1.165) is 24.8 Å². The average Bonchev–Trinajstić information content (AvgIpc) is 2.46. The number of benzene rings is 1. The zero-order valence-electron chi connectivity index (χ0n) is 12.9. The summed E-state index contributed by atoms with van der Waals surface area (Å²) >= 11 is 0. The highest BCUT2D eigenvalue weighted by molar-refractivity contribution is 5.61. The molecule has 0 bridgehead atoms.